The third kappa shape index (κ3) is 5.92. The second-order valence-corrected chi connectivity index (χ2v) is 6.82. The van der Waals surface area contributed by atoms with E-state index in [-0.39, 0.29) is 30.9 Å². The van der Waals surface area contributed by atoms with Crippen molar-refractivity contribution in [2.75, 3.05) is 25.5 Å². The second-order valence-electron chi connectivity index (χ2n) is 6.82. The van der Waals surface area contributed by atoms with Crippen molar-refractivity contribution in [3.8, 4) is 0 Å². The largest absolute Gasteiger partial charge is 0.352 e. The van der Waals surface area contributed by atoms with Crippen molar-refractivity contribution >= 4 is 17.6 Å². The molecule has 1 heterocycles. The topological polar surface area (TPSA) is 74.3 Å². The maximum Gasteiger partial charge on any atom is 0.239 e. The number of hydrogen-bond acceptors (Lipinski definition) is 4. The Morgan fingerprint density at radius 3 is 2.62 bits per heavy atom. The molecule has 0 aliphatic heterocycles. The molecule has 132 valence electrons. The molecule has 2 N–H and O–H groups in total. The second kappa shape index (κ2) is 8.78. The van der Waals surface area contributed by atoms with Crippen molar-refractivity contribution in [3.05, 3.63) is 23.9 Å². The summed E-state index contributed by atoms with van der Waals surface area (Å²) in [7, 11) is 1.77. The molecule has 1 aliphatic carbocycles. The first kappa shape index (κ1) is 18.4. The molecule has 0 bridgehead atoms. The first-order valence-corrected chi connectivity index (χ1v) is 8.65. The van der Waals surface area contributed by atoms with Gasteiger partial charge < -0.3 is 10.6 Å². The minimum atomic E-state index is -0.172. The fourth-order valence-electron chi connectivity index (χ4n) is 3.12. The highest BCUT2D eigenvalue weighted by molar-refractivity contribution is 5.91. The van der Waals surface area contributed by atoms with Gasteiger partial charge in [0.25, 0.3) is 0 Å². The van der Waals surface area contributed by atoms with Crippen LogP contribution in [-0.4, -0.2) is 47.9 Å². The van der Waals surface area contributed by atoms with Crippen LogP contribution in [0.5, 0.6) is 0 Å². The van der Waals surface area contributed by atoms with E-state index in [1.807, 2.05) is 19.1 Å². The van der Waals surface area contributed by atoms with Crippen molar-refractivity contribution in [2.45, 2.75) is 45.6 Å². The predicted octanol–water partition coefficient (Wildman–Crippen LogP) is 1.96. The van der Waals surface area contributed by atoms with Gasteiger partial charge in [-0.2, -0.15) is 0 Å². The van der Waals surface area contributed by atoms with Crippen molar-refractivity contribution in [1.29, 1.82) is 0 Å². The summed E-state index contributed by atoms with van der Waals surface area (Å²) in [6.07, 6.45) is 4.65. The van der Waals surface area contributed by atoms with E-state index >= 15 is 0 Å². The number of rotatable bonds is 6. The lowest BCUT2D eigenvalue weighted by atomic mass is 9.86. The first-order valence-electron chi connectivity index (χ1n) is 8.65. The number of hydrogen-bond donors (Lipinski definition) is 2. The van der Waals surface area contributed by atoms with Crippen LogP contribution < -0.4 is 10.6 Å². The van der Waals surface area contributed by atoms with Crippen LogP contribution in [0.3, 0.4) is 0 Å². The molecule has 0 radical (unpaired) electrons. The van der Waals surface area contributed by atoms with Crippen molar-refractivity contribution < 1.29 is 9.59 Å². The number of nitrogens with zero attached hydrogens (tertiary/aromatic N) is 2. The summed E-state index contributed by atoms with van der Waals surface area (Å²) in [6.45, 7) is 4.44. The molecule has 1 aliphatic rings. The molecule has 2 atom stereocenters. The Kier molecular flexibility index (Phi) is 6.73. The molecule has 2 amide bonds. The van der Waals surface area contributed by atoms with Crippen LogP contribution in [0.2, 0.25) is 0 Å². The van der Waals surface area contributed by atoms with Gasteiger partial charge in [-0.1, -0.05) is 25.8 Å². The fraction of sp³-hybridized carbons (Fsp3) is 0.611. The zero-order valence-electron chi connectivity index (χ0n) is 14.8. The number of carbonyl (C=O) groups is 2. The minimum absolute atomic E-state index is 0.0160. The number of likely N-dealkylation sites (N-methyl/N-ethyl adjacent to an activating group) is 1. The number of nitrogens with one attached hydrogen (secondary N) is 2. The number of carbonyl (C=O) groups excluding carboxylic acids is 2. The van der Waals surface area contributed by atoms with E-state index in [4.69, 9.17) is 0 Å². The number of amides is 2. The van der Waals surface area contributed by atoms with Crippen LogP contribution in [0.25, 0.3) is 0 Å². The Bertz CT molecular complexity index is 576. The maximum atomic E-state index is 12.2. The summed E-state index contributed by atoms with van der Waals surface area (Å²) in [5, 5.41) is 5.86. The summed E-state index contributed by atoms with van der Waals surface area (Å²) in [6, 6.07) is 5.74. The molecule has 24 heavy (non-hydrogen) atoms. The van der Waals surface area contributed by atoms with Gasteiger partial charge in [0.15, 0.2) is 0 Å². The van der Waals surface area contributed by atoms with Gasteiger partial charge in [0.1, 0.15) is 5.82 Å². The molecule has 0 saturated heterocycles. The summed E-state index contributed by atoms with van der Waals surface area (Å²) < 4.78 is 0. The normalized spacial score (nSPS) is 20.7. The van der Waals surface area contributed by atoms with Gasteiger partial charge in [-0.25, -0.2) is 4.98 Å². The van der Waals surface area contributed by atoms with Crippen LogP contribution in [0, 0.1) is 12.8 Å². The Balaban J connectivity index is 1.74. The highest BCUT2D eigenvalue weighted by atomic mass is 16.2. The van der Waals surface area contributed by atoms with Gasteiger partial charge in [0.05, 0.1) is 13.1 Å². The Hall–Kier alpha value is -1.95. The van der Waals surface area contributed by atoms with Gasteiger partial charge in [-0.3, -0.25) is 14.5 Å². The van der Waals surface area contributed by atoms with Gasteiger partial charge in [-0.05, 0) is 44.9 Å². The molecule has 2 rings (SSSR count). The van der Waals surface area contributed by atoms with E-state index in [9.17, 15) is 9.59 Å². The molecule has 0 spiro atoms. The minimum Gasteiger partial charge on any atom is -0.352 e. The highest BCUT2D eigenvalue weighted by Gasteiger charge is 2.23. The fourth-order valence-corrected chi connectivity index (χ4v) is 3.12. The maximum absolute atomic E-state index is 12.2. The van der Waals surface area contributed by atoms with E-state index in [0.29, 0.717) is 11.7 Å². The average molecular weight is 332 g/mol. The molecular formula is C18H28N4O2. The molecular weight excluding hydrogens is 304 g/mol. The summed E-state index contributed by atoms with van der Waals surface area (Å²) in [5.41, 5.74) is 0.849. The smallest absolute Gasteiger partial charge is 0.239 e. The van der Waals surface area contributed by atoms with E-state index in [2.05, 4.69) is 22.5 Å². The van der Waals surface area contributed by atoms with Crippen LogP contribution in [0.1, 0.15) is 38.3 Å². The summed E-state index contributed by atoms with van der Waals surface area (Å²) in [4.78, 5) is 30.1. The Morgan fingerprint density at radius 2 is 1.92 bits per heavy atom. The van der Waals surface area contributed by atoms with Gasteiger partial charge in [0.2, 0.25) is 11.8 Å². The van der Waals surface area contributed by atoms with Gasteiger partial charge >= 0.3 is 0 Å². The quantitative estimate of drug-likeness (QED) is 0.835. The van der Waals surface area contributed by atoms with Crippen LogP contribution in [0.15, 0.2) is 18.2 Å². The van der Waals surface area contributed by atoms with E-state index in [1.54, 1.807) is 18.0 Å². The number of anilines is 1. The molecule has 1 saturated carbocycles. The van der Waals surface area contributed by atoms with E-state index in [0.717, 1.165) is 12.1 Å². The first-order chi connectivity index (χ1) is 11.4. The van der Waals surface area contributed by atoms with Crippen molar-refractivity contribution in [2.24, 2.45) is 5.92 Å². The lowest BCUT2D eigenvalue weighted by Crippen LogP contribution is -2.46. The average Bonchev–Trinajstić information content (AvgIpc) is 2.49. The zero-order chi connectivity index (χ0) is 17.5. The monoisotopic (exact) mass is 332 g/mol. The van der Waals surface area contributed by atoms with Crippen molar-refractivity contribution in [1.82, 2.24) is 15.2 Å². The molecule has 6 heteroatoms. The molecule has 6 nitrogen and oxygen atoms in total. The third-order valence-electron chi connectivity index (χ3n) is 4.44. The van der Waals surface area contributed by atoms with Gasteiger partial charge in [0, 0.05) is 11.7 Å². The standard InChI is InChI=1S/C18H28N4O2/c1-13-7-4-5-9-15(13)20-17(23)11-22(3)12-18(24)21-16-10-6-8-14(2)19-16/h6,8,10,13,15H,4-5,7,9,11-12H2,1-3H3,(H,20,23)(H,19,21,24)/t13-,15-/m1/s1. The van der Waals surface area contributed by atoms with E-state index in [1.165, 1.54) is 19.3 Å². The number of pyridine rings is 1. The molecule has 1 aromatic heterocycles. The van der Waals surface area contributed by atoms with E-state index < -0.39 is 0 Å². The number of aryl methyl sites for hydroxylation is 1. The van der Waals surface area contributed by atoms with Crippen LogP contribution >= 0.6 is 0 Å². The summed E-state index contributed by atoms with van der Waals surface area (Å²) in [5.74, 6) is 0.879. The van der Waals surface area contributed by atoms with Crippen LogP contribution in [0.4, 0.5) is 5.82 Å². The van der Waals surface area contributed by atoms with Gasteiger partial charge in [-0.15, -0.1) is 0 Å². The Morgan fingerprint density at radius 1 is 1.21 bits per heavy atom. The summed E-state index contributed by atoms with van der Waals surface area (Å²) >= 11 is 0. The lowest BCUT2D eigenvalue weighted by Gasteiger charge is -2.30. The lowest BCUT2D eigenvalue weighted by molar-refractivity contribution is -0.124. The van der Waals surface area contributed by atoms with Crippen molar-refractivity contribution in [3.63, 3.8) is 0 Å². The molecule has 0 unspecified atom stereocenters. The third-order valence-corrected chi connectivity index (χ3v) is 4.44. The molecule has 1 aromatic rings. The van der Waals surface area contributed by atoms with Crippen LogP contribution in [-0.2, 0) is 9.59 Å². The SMILES string of the molecule is Cc1cccc(NC(=O)CN(C)CC(=O)N[C@@H]2CCCC[C@H]2C)n1. The Labute approximate surface area is 144 Å². The number of aromatic nitrogens is 1. The molecule has 0 aromatic carbocycles. The predicted molar refractivity (Wildman–Crippen MR) is 94.7 cm³/mol. The highest BCUT2D eigenvalue weighted by Crippen LogP contribution is 2.23. The molecule has 1 fully saturated rings. The zero-order valence-corrected chi connectivity index (χ0v) is 14.8.